The average molecular weight is 310 g/mol. The average Bonchev–Trinajstić information content (AvgIpc) is 3.08. The molecule has 3 atom stereocenters. The minimum absolute atomic E-state index is 0.160. The van der Waals surface area contributed by atoms with Crippen LogP contribution in [0.3, 0.4) is 0 Å². The molecule has 0 radical (unpaired) electrons. The lowest BCUT2D eigenvalue weighted by atomic mass is 9.90. The highest BCUT2D eigenvalue weighted by Crippen LogP contribution is 2.40. The van der Waals surface area contributed by atoms with Crippen LogP contribution in [0.4, 0.5) is 0 Å². The fourth-order valence-corrected chi connectivity index (χ4v) is 3.62. The van der Waals surface area contributed by atoms with Crippen molar-refractivity contribution in [2.45, 2.75) is 45.3 Å². The van der Waals surface area contributed by atoms with E-state index in [0.29, 0.717) is 5.92 Å². The van der Waals surface area contributed by atoms with Crippen LogP contribution in [0.15, 0.2) is 12.1 Å². The molecule has 0 aliphatic carbocycles. The van der Waals surface area contributed by atoms with Gasteiger partial charge in [0.25, 0.3) is 0 Å². The van der Waals surface area contributed by atoms with Crippen LogP contribution in [0.5, 0.6) is 5.75 Å². The highest BCUT2D eigenvalue weighted by molar-refractivity contribution is 6.30. The fourth-order valence-electron chi connectivity index (χ4n) is 3.38. The molecule has 1 aromatic carbocycles. The second-order valence-electron chi connectivity index (χ2n) is 6.11. The van der Waals surface area contributed by atoms with Crippen molar-refractivity contribution in [2.75, 3.05) is 19.8 Å². The standard InChI is InChI=1S/C17H24ClNO2/c1-3-6-19-15(16-11(2)4-7-20-16)14-10-13(18)9-12-5-8-21-17(12)14/h9-11,15-16,19H,3-8H2,1-2H3. The molecule has 0 saturated carbocycles. The lowest BCUT2D eigenvalue weighted by Gasteiger charge is -2.29. The Morgan fingerprint density at radius 3 is 2.95 bits per heavy atom. The Morgan fingerprint density at radius 1 is 1.38 bits per heavy atom. The zero-order valence-corrected chi connectivity index (χ0v) is 13.6. The molecular weight excluding hydrogens is 286 g/mol. The summed E-state index contributed by atoms with van der Waals surface area (Å²) in [6.45, 7) is 7.02. The zero-order chi connectivity index (χ0) is 14.8. The highest BCUT2D eigenvalue weighted by atomic mass is 35.5. The molecule has 0 bridgehead atoms. The number of halogens is 1. The van der Waals surface area contributed by atoms with E-state index in [1.807, 2.05) is 12.1 Å². The molecule has 0 amide bonds. The van der Waals surface area contributed by atoms with E-state index >= 15 is 0 Å². The van der Waals surface area contributed by atoms with Crippen LogP contribution in [0.2, 0.25) is 5.02 Å². The van der Waals surface area contributed by atoms with E-state index < -0.39 is 0 Å². The van der Waals surface area contributed by atoms with Crippen LogP contribution in [-0.4, -0.2) is 25.9 Å². The maximum atomic E-state index is 6.33. The molecule has 3 nitrogen and oxygen atoms in total. The summed E-state index contributed by atoms with van der Waals surface area (Å²) in [6.07, 6.45) is 3.37. The largest absolute Gasteiger partial charge is 0.493 e. The van der Waals surface area contributed by atoms with Crippen LogP contribution in [-0.2, 0) is 11.2 Å². The molecule has 3 rings (SSSR count). The molecule has 0 spiro atoms. The number of ether oxygens (including phenoxy) is 2. The van der Waals surface area contributed by atoms with E-state index in [9.17, 15) is 0 Å². The molecule has 2 heterocycles. The predicted molar refractivity (Wildman–Crippen MR) is 85.2 cm³/mol. The van der Waals surface area contributed by atoms with E-state index in [1.54, 1.807) is 0 Å². The fraction of sp³-hybridized carbons (Fsp3) is 0.647. The van der Waals surface area contributed by atoms with Gasteiger partial charge in [-0.2, -0.15) is 0 Å². The third kappa shape index (κ3) is 3.05. The summed E-state index contributed by atoms with van der Waals surface area (Å²) >= 11 is 6.33. The zero-order valence-electron chi connectivity index (χ0n) is 12.8. The normalized spacial score (nSPS) is 25.7. The second kappa shape index (κ2) is 6.55. The lowest BCUT2D eigenvalue weighted by Crippen LogP contribution is -2.35. The summed E-state index contributed by atoms with van der Waals surface area (Å²) < 4.78 is 11.9. The number of fused-ring (bicyclic) bond motifs is 1. The summed E-state index contributed by atoms with van der Waals surface area (Å²) in [6, 6.07) is 4.24. The number of hydrogen-bond donors (Lipinski definition) is 1. The van der Waals surface area contributed by atoms with Gasteiger partial charge in [0.05, 0.1) is 18.8 Å². The molecule has 1 aromatic rings. The summed E-state index contributed by atoms with van der Waals surface area (Å²) in [5.41, 5.74) is 2.40. The summed E-state index contributed by atoms with van der Waals surface area (Å²) in [4.78, 5) is 0. The first-order valence-electron chi connectivity index (χ1n) is 8.00. The predicted octanol–water partition coefficient (Wildman–Crippen LogP) is 3.74. The van der Waals surface area contributed by atoms with Crippen molar-refractivity contribution in [2.24, 2.45) is 5.92 Å². The maximum absolute atomic E-state index is 6.33. The van der Waals surface area contributed by atoms with Crippen LogP contribution >= 0.6 is 11.6 Å². The monoisotopic (exact) mass is 309 g/mol. The molecule has 1 saturated heterocycles. The number of hydrogen-bond acceptors (Lipinski definition) is 3. The molecule has 4 heteroatoms. The Morgan fingerprint density at radius 2 is 2.24 bits per heavy atom. The third-order valence-electron chi connectivity index (χ3n) is 4.50. The van der Waals surface area contributed by atoms with Crippen molar-refractivity contribution in [1.82, 2.24) is 5.32 Å². The number of nitrogens with one attached hydrogen (secondary N) is 1. The van der Waals surface area contributed by atoms with Crippen molar-refractivity contribution in [3.63, 3.8) is 0 Å². The molecule has 1 fully saturated rings. The Labute approximate surface area is 132 Å². The van der Waals surface area contributed by atoms with E-state index in [0.717, 1.165) is 49.8 Å². The van der Waals surface area contributed by atoms with Crippen LogP contribution < -0.4 is 10.1 Å². The van der Waals surface area contributed by atoms with Gasteiger partial charge in [0.15, 0.2) is 0 Å². The van der Waals surface area contributed by atoms with Crippen LogP contribution in [0.25, 0.3) is 0 Å². The van der Waals surface area contributed by atoms with Gasteiger partial charge in [-0.05, 0) is 43.0 Å². The molecule has 0 aromatic heterocycles. The molecule has 21 heavy (non-hydrogen) atoms. The molecule has 2 aliphatic rings. The smallest absolute Gasteiger partial charge is 0.127 e. The van der Waals surface area contributed by atoms with Gasteiger partial charge in [-0.1, -0.05) is 25.4 Å². The Bertz CT molecular complexity index is 506. The van der Waals surface area contributed by atoms with Gasteiger partial charge in [0, 0.05) is 23.6 Å². The summed E-state index contributed by atoms with van der Waals surface area (Å²) in [5, 5.41) is 4.45. The first kappa shape index (κ1) is 15.1. The van der Waals surface area contributed by atoms with Gasteiger partial charge in [-0.25, -0.2) is 0 Å². The van der Waals surface area contributed by atoms with Crippen LogP contribution in [0.1, 0.15) is 43.9 Å². The second-order valence-corrected chi connectivity index (χ2v) is 6.55. The SMILES string of the molecule is CCCNC(c1cc(Cl)cc2c1OCC2)C1OCCC1C. The van der Waals surface area contributed by atoms with Crippen molar-refractivity contribution < 1.29 is 9.47 Å². The Kier molecular flexibility index (Phi) is 4.72. The summed E-state index contributed by atoms with van der Waals surface area (Å²) in [7, 11) is 0. The lowest BCUT2D eigenvalue weighted by molar-refractivity contribution is 0.0599. The third-order valence-corrected chi connectivity index (χ3v) is 4.72. The van der Waals surface area contributed by atoms with Crippen molar-refractivity contribution in [3.05, 3.63) is 28.3 Å². The molecule has 116 valence electrons. The van der Waals surface area contributed by atoms with Gasteiger partial charge in [-0.3, -0.25) is 0 Å². The number of rotatable bonds is 5. The Balaban J connectivity index is 1.96. The van der Waals surface area contributed by atoms with Gasteiger partial charge in [0.1, 0.15) is 5.75 Å². The first-order chi connectivity index (χ1) is 10.2. The van der Waals surface area contributed by atoms with Gasteiger partial charge >= 0.3 is 0 Å². The summed E-state index contributed by atoms with van der Waals surface area (Å²) in [5.74, 6) is 1.58. The van der Waals surface area contributed by atoms with Crippen molar-refractivity contribution >= 4 is 11.6 Å². The quantitative estimate of drug-likeness (QED) is 0.899. The molecule has 1 N–H and O–H groups in total. The van der Waals surface area contributed by atoms with E-state index in [1.165, 1.54) is 11.1 Å². The maximum Gasteiger partial charge on any atom is 0.127 e. The van der Waals surface area contributed by atoms with Gasteiger partial charge in [-0.15, -0.1) is 0 Å². The van der Waals surface area contributed by atoms with E-state index in [-0.39, 0.29) is 12.1 Å². The molecule has 2 aliphatic heterocycles. The van der Waals surface area contributed by atoms with Gasteiger partial charge < -0.3 is 14.8 Å². The van der Waals surface area contributed by atoms with E-state index in [2.05, 4.69) is 19.2 Å². The van der Waals surface area contributed by atoms with Crippen LogP contribution in [0, 0.1) is 5.92 Å². The first-order valence-corrected chi connectivity index (χ1v) is 8.38. The van der Waals surface area contributed by atoms with Crippen molar-refractivity contribution in [3.8, 4) is 5.75 Å². The molecule has 3 unspecified atom stereocenters. The molecular formula is C17H24ClNO2. The van der Waals surface area contributed by atoms with Crippen molar-refractivity contribution in [1.29, 1.82) is 0 Å². The minimum Gasteiger partial charge on any atom is -0.493 e. The Hall–Kier alpha value is -0.770. The minimum atomic E-state index is 0.160. The topological polar surface area (TPSA) is 30.5 Å². The van der Waals surface area contributed by atoms with E-state index in [4.69, 9.17) is 21.1 Å². The highest BCUT2D eigenvalue weighted by Gasteiger charge is 2.35. The van der Waals surface area contributed by atoms with Gasteiger partial charge in [0.2, 0.25) is 0 Å². The number of benzene rings is 1.